The summed E-state index contributed by atoms with van der Waals surface area (Å²) in [4.78, 5) is 15.7. The molecule has 9 heteroatoms. The number of aryl methyl sites for hydroxylation is 1. The Kier molecular flexibility index (Phi) is 5.27. The molecule has 8 nitrogen and oxygen atoms in total. The van der Waals surface area contributed by atoms with Gasteiger partial charge in [0.2, 0.25) is 0 Å². The smallest absolute Gasteiger partial charge is 0.271 e. The Morgan fingerprint density at radius 3 is 2.69 bits per heavy atom. The number of amides is 1. The summed E-state index contributed by atoms with van der Waals surface area (Å²) in [6.45, 7) is 1.55. The standard InChI is InChI=1S/C17H22FN7O/c1-9-10(18)6-7-14(21-9)23-13-8-15(24-25-16(13)17(20)26)22-12-5-3-2-4-11(12)19/h6-8,11-12H,2-5,19H2,1H3,(H2,20,26)(H2,21,22,23,24)/t11?,12-/m1/s1. The first-order chi connectivity index (χ1) is 12.4. The number of halogens is 1. The maximum Gasteiger partial charge on any atom is 0.271 e. The van der Waals surface area contributed by atoms with E-state index in [1.165, 1.54) is 12.1 Å². The van der Waals surface area contributed by atoms with Gasteiger partial charge in [-0.15, -0.1) is 10.2 Å². The topological polar surface area (TPSA) is 132 Å². The summed E-state index contributed by atoms with van der Waals surface area (Å²) in [6.07, 6.45) is 4.12. The van der Waals surface area contributed by atoms with E-state index in [-0.39, 0.29) is 23.5 Å². The van der Waals surface area contributed by atoms with Crippen molar-refractivity contribution in [3.8, 4) is 0 Å². The van der Waals surface area contributed by atoms with E-state index >= 15 is 0 Å². The van der Waals surface area contributed by atoms with Gasteiger partial charge in [0.1, 0.15) is 11.6 Å². The van der Waals surface area contributed by atoms with Gasteiger partial charge in [-0.1, -0.05) is 12.8 Å². The van der Waals surface area contributed by atoms with Crippen molar-refractivity contribution >= 4 is 23.2 Å². The first-order valence-corrected chi connectivity index (χ1v) is 8.54. The molecule has 1 amide bonds. The molecule has 0 bridgehead atoms. The zero-order valence-corrected chi connectivity index (χ0v) is 14.5. The Morgan fingerprint density at radius 2 is 2.00 bits per heavy atom. The summed E-state index contributed by atoms with van der Waals surface area (Å²) in [6, 6.07) is 4.53. The Labute approximate surface area is 150 Å². The lowest BCUT2D eigenvalue weighted by molar-refractivity contribution is 0.0995. The Bertz CT molecular complexity index is 814. The van der Waals surface area contributed by atoms with Crippen LogP contribution in [0.2, 0.25) is 0 Å². The number of rotatable bonds is 5. The largest absolute Gasteiger partial charge is 0.364 e. The molecule has 0 aliphatic heterocycles. The van der Waals surface area contributed by atoms with E-state index in [0.717, 1.165) is 25.7 Å². The second kappa shape index (κ2) is 7.61. The molecule has 1 fully saturated rings. The highest BCUT2D eigenvalue weighted by atomic mass is 19.1. The number of carbonyl (C=O) groups is 1. The summed E-state index contributed by atoms with van der Waals surface area (Å²) in [7, 11) is 0. The molecule has 138 valence electrons. The minimum atomic E-state index is -0.722. The summed E-state index contributed by atoms with van der Waals surface area (Å²) in [5.41, 5.74) is 12.1. The van der Waals surface area contributed by atoms with Crippen LogP contribution in [-0.2, 0) is 0 Å². The molecule has 1 aliphatic rings. The minimum absolute atomic E-state index is 0.0210. The zero-order valence-electron chi connectivity index (χ0n) is 14.5. The normalized spacial score (nSPS) is 19.8. The van der Waals surface area contributed by atoms with E-state index in [0.29, 0.717) is 17.3 Å². The van der Waals surface area contributed by atoms with Crippen molar-refractivity contribution in [2.45, 2.75) is 44.7 Å². The number of primary amides is 1. The van der Waals surface area contributed by atoms with E-state index in [4.69, 9.17) is 11.5 Å². The van der Waals surface area contributed by atoms with Gasteiger partial charge in [-0.3, -0.25) is 4.79 Å². The molecule has 2 heterocycles. The predicted octanol–water partition coefficient (Wildman–Crippen LogP) is 1.84. The van der Waals surface area contributed by atoms with Crippen molar-refractivity contribution in [1.82, 2.24) is 15.2 Å². The van der Waals surface area contributed by atoms with E-state index < -0.39 is 11.7 Å². The first-order valence-electron chi connectivity index (χ1n) is 8.54. The second-order valence-corrected chi connectivity index (χ2v) is 6.44. The minimum Gasteiger partial charge on any atom is -0.364 e. The van der Waals surface area contributed by atoms with Gasteiger partial charge in [-0.25, -0.2) is 9.37 Å². The molecular weight excluding hydrogens is 337 g/mol. The van der Waals surface area contributed by atoms with Crippen molar-refractivity contribution in [3.63, 3.8) is 0 Å². The van der Waals surface area contributed by atoms with Crippen LogP contribution in [-0.4, -0.2) is 33.2 Å². The van der Waals surface area contributed by atoms with Crippen LogP contribution in [0.15, 0.2) is 18.2 Å². The molecule has 2 aromatic rings. The van der Waals surface area contributed by atoms with Crippen LogP contribution in [0.4, 0.5) is 21.7 Å². The Hall–Kier alpha value is -2.81. The van der Waals surface area contributed by atoms with Crippen molar-refractivity contribution < 1.29 is 9.18 Å². The molecule has 1 aliphatic carbocycles. The predicted molar refractivity (Wildman–Crippen MR) is 96.6 cm³/mol. The lowest BCUT2D eigenvalue weighted by atomic mass is 9.91. The van der Waals surface area contributed by atoms with Gasteiger partial charge in [0.05, 0.1) is 11.4 Å². The quantitative estimate of drug-likeness (QED) is 0.640. The highest BCUT2D eigenvalue weighted by molar-refractivity contribution is 5.97. The zero-order chi connectivity index (χ0) is 18.7. The molecule has 0 spiro atoms. The molecule has 0 saturated heterocycles. The summed E-state index contributed by atoms with van der Waals surface area (Å²) in [5, 5.41) is 14.2. The molecule has 1 unspecified atom stereocenters. The van der Waals surface area contributed by atoms with E-state index in [9.17, 15) is 9.18 Å². The Balaban J connectivity index is 1.86. The number of nitrogens with zero attached hydrogens (tertiary/aromatic N) is 3. The second-order valence-electron chi connectivity index (χ2n) is 6.44. The SMILES string of the molecule is Cc1nc(Nc2cc(N[C@@H]3CCCCC3N)nnc2C(N)=O)ccc1F. The third-order valence-electron chi connectivity index (χ3n) is 4.46. The van der Waals surface area contributed by atoms with Gasteiger partial charge in [-0.2, -0.15) is 0 Å². The van der Waals surface area contributed by atoms with E-state index in [1.54, 1.807) is 13.0 Å². The highest BCUT2D eigenvalue weighted by Crippen LogP contribution is 2.24. The summed E-state index contributed by atoms with van der Waals surface area (Å²) in [5.74, 6) is -0.273. The van der Waals surface area contributed by atoms with E-state index in [1.807, 2.05) is 0 Å². The van der Waals surface area contributed by atoms with Crippen molar-refractivity contribution in [3.05, 3.63) is 35.4 Å². The number of aromatic nitrogens is 3. The molecule has 26 heavy (non-hydrogen) atoms. The lowest BCUT2D eigenvalue weighted by Crippen LogP contribution is -2.42. The lowest BCUT2D eigenvalue weighted by Gasteiger charge is -2.29. The van der Waals surface area contributed by atoms with Gasteiger partial charge < -0.3 is 22.1 Å². The number of nitrogens with one attached hydrogen (secondary N) is 2. The molecule has 2 atom stereocenters. The number of hydrogen-bond donors (Lipinski definition) is 4. The molecule has 3 rings (SSSR count). The van der Waals surface area contributed by atoms with Gasteiger partial charge in [0.25, 0.3) is 5.91 Å². The molecule has 6 N–H and O–H groups in total. The third-order valence-corrected chi connectivity index (χ3v) is 4.46. The first kappa shape index (κ1) is 18.0. The molecule has 0 radical (unpaired) electrons. The monoisotopic (exact) mass is 359 g/mol. The van der Waals surface area contributed by atoms with Crippen LogP contribution >= 0.6 is 0 Å². The third kappa shape index (κ3) is 4.05. The fourth-order valence-electron chi connectivity index (χ4n) is 3.02. The number of nitrogens with two attached hydrogens (primary N) is 2. The van der Waals surface area contributed by atoms with Crippen molar-refractivity contribution in [1.29, 1.82) is 0 Å². The number of carbonyl (C=O) groups excluding carboxylic acids is 1. The Morgan fingerprint density at radius 1 is 1.23 bits per heavy atom. The van der Waals surface area contributed by atoms with Crippen LogP contribution in [0.25, 0.3) is 0 Å². The van der Waals surface area contributed by atoms with Crippen molar-refractivity contribution in [2.75, 3.05) is 10.6 Å². The molecule has 1 saturated carbocycles. The number of pyridine rings is 1. The number of anilines is 3. The van der Waals surface area contributed by atoms with Crippen LogP contribution < -0.4 is 22.1 Å². The maximum absolute atomic E-state index is 13.4. The average Bonchev–Trinajstić information content (AvgIpc) is 2.60. The fraction of sp³-hybridized carbons (Fsp3) is 0.412. The molecule has 0 aromatic carbocycles. The summed E-state index contributed by atoms with van der Waals surface area (Å²) < 4.78 is 13.4. The highest BCUT2D eigenvalue weighted by Gasteiger charge is 2.23. The fourth-order valence-corrected chi connectivity index (χ4v) is 3.02. The number of hydrogen-bond acceptors (Lipinski definition) is 7. The van der Waals surface area contributed by atoms with Crippen LogP contribution in [0.1, 0.15) is 41.9 Å². The van der Waals surface area contributed by atoms with Crippen LogP contribution in [0, 0.1) is 12.7 Å². The molecule has 2 aromatic heterocycles. The van der Waals surface area contributed by atoms with Gasteiger partial charge in [0, 0.05) is 18.2 Å². The summed E-state index contributed by atoms with van der Waals surface area (Å²) >= 11 is 0. The van der Waals surface area contributed by atoms with E-state index in [2.05, 4.69) is 25.8 Å². The molecular formula is C17H22FN7O. The average molecular weight is 359 g/mol. The van der Waals surface area contributed by atoms with Crippen molar-refractivity contribution in [2.24, 2.45) is 11.5 Å². The van der Waals surface area contributed by atoms with Crippen LogP contribution in [0.3, 0.4) is 0 Å². The van der Waals surface area contributed by atoms with Gasteiger partial charge in [0.15, 0.2) is 11.5 Å². The van der Waals surface area contributed by atoms with Gasteiger partial charge in [-0.05, 0) is 31.9 Å². The van der Waals surface area contributed by atoms with Crippen LogP contribution in [0.5, 0.6) is 0 Å². The maximum atomic E-state index is 13.4. The van der Waals surface area contributed by atoms with Gasteiger partial charge >= 0.3 is 0 Å².